The minimum Gasteiger partial charge on any atom is -0.319 e. The van der Waals surface area contributed by atoms with E-state index in [0.29, 0.717) is 5.69 Å². The summed E-state index contributed by atoms with van der Waals surface area (Å²) in [6.07, 6.45) is -4.48. The second-order valence-corrected chi connectivity index (χ2v) is 5.13. The number of para-hydroxylation sites is 1. The Morgan fingerprint density at radius 2 is 1.43 bits per heavy atom. The second-order valence-electron chi connectivity index (χ2n) is 5.13. The van der Waals surface area contributed by atoms with E-state index < -0.39 is 23.4 Å². The lowest BCUT2D eigenvalue weighted by Crippen LogP contribution is -2.24. The smallest absolute Gasteiger partial charge is 0.319 e. The summed E-state index contributed by atoms with van der Waals surface area (Å²) >= 11 is 0. The van der Waals surface area contributed by atoms with Crippen LogP contribution in [0.2, 0.25) is 0 Å². The molecule has 0 saturated heterocycles. The maximum absolute atomic E-state index is 12.5. The molecule has 23 heavy (non-hydrogen) atoms. The number of aryl methyl sites for hydroxylation is 2. The molecule has 0 aliphatic carbocycles. The van der Waals surface area contributed by atoms with Crippen LogP contribution in [0, 0.1) is 13.8 Å². The first kappa shape index (κ1) is 16.7. The molecule has 0 aliphatic heterocycles. The number of carbonyl (C=O) groups excluding carboxylic acids is 2. The van der Waals surface area contributed by atoms with Gasteiger partial charge < -0.3 is 5.32 Å². The van der Waals surface area contributed by atoms with E-state index in [1.165, 1.54) is 0 Å². The van der Waals surface area contributed by atoms with Crippen molar-refractivity contribution in [1.29, 1.82) is 0 Å². The maximum Gasteiger partial charge on any atom is 0.416 e. The minimum atomic E-state index is -4.48. The van der Waals surface area contributed by atoms with Gasteiger partial charge in [-0.15, -0.1) is 0 Å². The van der Waals surface area contributed by atoms with Gasteiger partial charge in [0.1, 0.15) is 0 Å². The van der Waals surface area contributed by atoms with Crippen LogP contribution in [0.3, 0.4) is 0 Å². The van der Waals surface area contributed by atoms with E-state index in [1.54, 1.807) is 26.0 Å². The molecule has 2 rings (SSSR count). The number of nitrogens with one attached hydrogen (secondary N) is 1. The topological polar surface area (TPSA) is 46.2 Å². The molecular formula is C17H14F3NO2. The van der Waals surface area contributed by atoms with Gasteiger partial charge >= 0.3 is 6.18 Å². The largest absolute Gasteiger partial charge is 0.416 e. The Bertz CT molecular complexity index is 729. The zero-order chi connectivity index (χ0) is 17.2. The Hall–Kier alpha value is -2.63. The van der Waals surface area contributed by atoms with Crippen molar-refractivity contribution in [2.75, 3.05) is 5.32 Å². The van der Waals surface area contributed by atoms with Crippen LogP contribution in [0.1, 0.15) is 27.0 Å². The second kappa shape index (κ2) is 6.24. The maximum atomic E-state index is 12.5. The lowest BCUT2D eigenvalue weighted by Gasteiger charge is -2.11. The van der Waals surface area contributed by atoms with Gasteiger partial charge in [0.2, 0.25) is 0 Å². The van der Waals surface area contributed by atoms with E-state index in [-0.39, 0.29) is 5.56 Å². The molecule has 6 heteroatoms. The van der Waals surface area contributed by atoms with Crippen LogP contribution in [-0.2, 0) is 11.0 Å². The first-order valence-corrected chi connectivity index (χ1v) is 6.79. The first-order chi connectivity index (χ1) is 10.7. The highest BCUT2D eigenvalue weighted by molar-refractivity contribution is 6.46. The van der Waals surface area contributed by atoms with E-state index in [1.807, 2.05) is 6.07 Å². The number of benzene rings is 2. The Kier molecular flexibility index (Phi) is 4.54. The molecule has 2 aromatic carbocycles. The predicted molar refractivity (Wildman–Crippen MR) is 80.3 cm³/mol. The van der Waals surface area contributed by atoms with Gasteiger partial charge in [-0.2, -0.15) is 13.2 Å². The molecule has 2 aromatic rings. The van der Waals surface area contributed by atoms with E-state index in [0.717, 1.165) is 35.4 Å². The van der Waals surface area contributed by atoms with Crippen LogP contribution >= 0.6 is 0 Å². The zero-order valence-corrected chi connectivity index (χ0v) is 12.5. The Morgan fingerprint density at radius 3 is 1.91 bits per heavy atom. The molecule has 0 fully saturated rings. The van der Waals surface area contributed by atoms with Crippen molar-refractivity contribution in [3.8, 4) is 0 Å². The third-order valence-electron chi connectivity index (χ3n) is 3.40. The molecule has 0 aromatic heterocycles. The fraction of sp³-hybridized carbons (Fsp3) is 0.176. The van der Waals surface area contributed by atoms with Crippen LogP contribution in [0.15, 0.2) is 42.5 Å². The SMILES string of the molecule is Cc1cccc(C)c1NC(=O)C(=O)c1ccc(C(F)(F)F)cc1. The standard InChI is InChI=1S/C17H14F3NO2/c1-10-4-3-5-11(2)14(10)21-16(23)15(22)12-6-8-13(9-7-12)17(18,19)20/h3-9H,1-2H3,(H,21,23). The molecule has 1 N–H and O–H groups in total. The van der Waals surface area contributed by atoms with Crippen LogP contribution in [0.5, 0.6) is 0 Å². The summed E-state index contributed by atoms with van der Waals surface area (Å²) in [5, 5.41) is 2.51. The fourth-order valence-corrected chi connectivity index (χ4v) is 2.12. The Morgan fingerprint density at radius 1 is 0.913 bits per heavy atom. The number of Topliss-reactive ketones (excluding diaryl/α,β-unsaturated/α-hetero) is 1. The average molecular weight is 321 g/mol. The number of alkyl halides is 3. The van der Waals surface area contributed by atoms with Crippen molar-refractivity contribution in [2.45, 2.75) is 20.0 Å². The molecule has 0 aliphatic rings. The van der Waals surface area contributed by atoms with Gasteiger partial charge in [0, 0.05) is 11.3 Å². The van der Waals surface area contributed by atoms with Crippen molar-refractivity contribution < 1.29 is 22.8 Å². The summed E-state index contributed by atoms with van der Waals surface area (Å²) in [5.74, 6) is -1.77. The fourth-order valence-electron chi connectivity index (χ4n) is 2.12. The van der Waals surface area contributed by atoms with Gasteiger partial charge in [0.15, 0.2) is 0 Å². The normalized spacial score (nSPS) is 11.2. The van der Waals surface area contributed by atoms with Gasteiger partial charge in [0.25, 0.3) is 11.7 Å². The molecule has 0 spiro atoms. The van der Waals surface area contributed by atoms with Crippen molar-refractivity contribution in [2.24, 2.45) is 0 Å². The predicted octanol–water partition coefficient (Wildman–Crippen LogP) is 4.14. The first-order valence-electron chi connectivity index (χ1n) is 6.79. The summed E-state index contributed by atoms with van der Waals surface area (Å²) in [4.78, 5) is 24.1. The number of carbonyl (C=O) groups is 2. The molecule has 0 unspecified atom stereocenters. The number of halogens is 3. The molecule has 0 radical (unpaired) electrons. The molecule has 3 nitrogen and oxygen atoms in total. The zero-order valence-electron chi connectivity index (χ0n) is 12.5. The number of amides is 1. The molecule has 0 saturated carbocycles. The van der Waals surface area contributed by atoms with E-state index in [9.17, 15) is 22.8 Å². The van der Waals surface area contributed by atoms with Crippen molar-refractivity contribution in [3.05, 3.63) is 64.7 Å². The van der Waals surface area contributed by atoms with Gasteiger partial charge in [-0.3, -0.25) is 9.59 Å². The molecule has 120 valence electrons. The number of anilines is 1. The van der Waals surface area contributed by atoms with Crippen LogP contribution in [-0.4, -0.2) is 11.7 Å². The lowest BCUT2D eigenvalue weighted by molar-refractivity contribution is -0.137. The Labute approximate surface area is 131 Å². The minimum absolute atomic E-state index is 0.0956. The number of rotatable bonds is 3. The summed E-state index contributed by atoms with van der Waals surface area (Å²) in [6.45, 7) is 3.57. The number of ketones is 1. The molecule has 1 amide bonds. The third-order valence-corrected chi connectivity index (χ3v) is 3.40. The monoisotopic (exact) mass is 321 g/mol. The summed E-state index contributed by atoms with van der Waals surface area (Å²) in [7, 11) is 0. The highest BCUT2D eigenvalue weighted by atomic mass is 19.4. The number of hydrogen-bond donors (Lipinski definition) is 1. The summed E-state index contributed by atoms with van der Waals surface area (Å²) in [5.41, 5.74) is 1.14. The number of hydrogen-bond acceptors (Lipinski definition) is 2. The third kappa shape index (κ3) is 3.77. The lowest BCUT2D eigenvalue weighted by atomic mass is 10.1. The van der Waals surface area contributed by atoms with Crippen molar-refractivity contribution >= 4 is 17.4 Å². The molecule has 0 atom stereocenters. The summed E-state index contributed by atoms with van der Waals surface area (Å²) in [6, 6.07) is 8.93. The highest BCUT2D eigenvalue weighted by Crippen LogP contribution is 2.29. The van der Waals surface area contributed by atoms with Gasteiger partial charge in [-0.25, -0.2) is 0 Å². The summed E-state index contributed by atoms with van der Waals surface area (Å²) < 4.78 is 37.5. The van der Waals surface area contributed by atoms with Gasteiger partial charge in [0.05, 0.1) is 5.56 Å². The molecular weight excluding hydrogens is 307 g/mol. The highest BCUT2D eigenvalue weighted by Gasteiger charge is 2.30. The van der Waals surface area contributed by atoms with Gasteiger partial charge in [-0.1, -0.05) is 30.3 Å². The molecule has 0 bridgehead atoms. The average Bonchev–Trinajstić information content (AvgIpc) is 2.49. The van der Waals surface area contributed by atoms with Gasteiger partial charge in [-0.05, 0) is 37.1 Å². The van der Waals surface area contributed by atoms with Crippen LogP contribution in [0.25, 0.3) is 0 Å². The van der Waals surface area contributed by atoms with E-state index in [2.05, 4.69) is 5.32 Å². The van der Waals surface area contributed by atoms with Crippen molar-refractivity contribution in [1.82, 2.24) is 0 Å². The van der Waals surface area contributed by atoms with Crippen molar-refractivity contribution in [3.63, 3.8) is 0 Å². The quantitative estimate of drug-likeness (QED) is 0.682. The van der Waals surface area contributed by atoms with E-state index in [4.69, 9.17) is 0 Å². The molecule has 0 heterocycles. The van der Waals surface area contributed by atoms with Crippen LogP contribution < -0.4 is 5.32 Å². The Balaban J connectivity index is 2.19. The van der Waals surface area contributed by atoms with Crippen LogP contribution in [0.4, 0.5) is 18.9 Å². The van der Waals surface area contributed by atoms with E-state index >= 15 is 0 Å².